The van der Waals surface area contributed by atoms with Crippen molar-refractivity contribution in [1.29, 1.82) is 0 Å². The highest BCUT2D eigenvalue weighted by atomic mass is 16.7. The molecule has 0 aromatic carbocycles. The molecule has 2 heterocycles. The van der Waals surface area contributed by atoms with Crippen LogP contribution in [0.15, 0.2) is 12.2 Å². The minimum Gasteiger partial charge on any atom is -0.387 e. The number of aliphatic hydroxyl groups is 2. The maximum Gasteiger partial charge on any atom is 0.229 e. The Morgan fingerprint density at radius 3 is 2.84 bits per heavy atom. The standard InChI is InChI=1S/C15H22O4/c1-8-5-4-6-10-11(16)15(17)14(9(2)7-18-15)12(19-14)13(8,10)3/h8,10-12,16-17H,2,4-7H2,1,3H3/t8-,10+,11+,12+,13+,14+,15-/m0/s1. The summed E-state index contributed by atoms with van der Waals surface area (Å²) in [5, 5.41) is 21.6. The zero-order chi connectivity index (χ0) is 13.6. The number of rotatable bonds is 0. The zero-order valence-electron chi connectivity index (χ0n) is 11.6. The summed E-state index contributed by atoms with van der Waals surface area (Å²) >= 11 is 0. The van der Waals surface area contributed by atoms with Crippen molar-refractivity contribution in [2.75, 3.05) is 6.61 Å². The molecule has 2 aliphatic heterocycles. The molecular weight excluding hydrogens is 244 g/mol. The van der Waals surface area contributed by atoms with Crippen molar-refractivity contribution >= 4 is 0 Å². The Hall–Kier alpha value is -0.420. The lowest BCUT2D eigenvalue weighted by Crippen LogP contribution is -2.66. The van der Waals surface area contributed by atoms with Crippen LogP contribution in [0.25, 0.3) is 0 Å². The molecule has 19 heavy (non-hydrogen) atoms. The van der Waals surface area contributed by atoms with Crippen molar-refractivity contribution in [1.82, 2.24) is 0 Å². The predicted molar refractivity (Wildman–Crippen MR) is 68.3 cm³/mol. The molecular formula is C15H22O4. The average Bonchev–Trinajstić information content (AvgIpc) is 3.09. The molecule has 4 aliphatic rings. The molecule has 4 nitrogen and oxygen atoms in total. The third kappa shape index (κ3) is 1.06. The van der Waals surface area contributed by atoms with Crippen LogP contribution in [0.3, 0.4) is 0 Å². The number of fused-ring (bicyclic) bond motifs is 2. The van der Waals surface area contributed by atoms with Crippen LogP contribution in [0.5, 0.6) is 0 Å². The second-order valence-electron chi connectivity index (χ2n) is 7.07. The Morgan fingerprint density at radius 1 is 1.37 bits per heavy atom. The third-order valence-electron chi connectivity index (χ3n) is 6.50. The number of epoxide rings is 1. The molecule has 2 aliphatic carbocycles. The Kier molecular flexibility index (Phi) is 2.11. The average molecular weight is 266 g/mol. The molecule has 0 radical (unpaired) electrons. The summed E-state index contributed by atoms with van der Waals surface area (Å²) in [5.41, 5.74) is -0.180. The Bertz CT molecular complexity index is 463. The zero-order valence-corrected chi connectivity index (χ0v) is 11.6. The molecule has 4 fully saturated rings. The van der Waals surface area contributed by atoms with Gasteiger partial charge >= 0.3 is 0 Å². The van der Waals surface area contributed by atoms with Gasteiger partial charge in [-0.2, -0.15) is 0 Å². The number of ether oxygens (including phenoxy) is 2. The van der Waals surface area contributed by atoms with Gasteiger partial charge in [-0.1, -0.05) is 33.3 Å². The van der Waals surface area contributed by atoms with Crippen LogP contribution < -0.4 is 0 Å². The largest absolute Gasteiger partial charge is 0.387 e. The first-order valence-electron chi connectivity index (χ1n) is 7.29. The first-order chi connectivity index (χ1) is 8.89. The van der Waals surface area contributed by atoms with E-state index in [1.165, 1.54) is 0 Å². The van der Waals surface area contributed by atoms with Gasteiger partial charge < -0.3 is 19.7 Å². The van der Waals surface area contributed by atoms with E-state index in [9.17, 15) is 10.2 Å². The van der Waals surface area contributed by atoms with Crippen molar-refractivity contribution in [2.45, 2.75) is 56.7 Å². The number of aliphatic hydroxyl groups excluding tert-OH is 1. The molecule has 0 unspecified atom stereocenters. The maximum atomic E-state index is 10.8. The fourth-order valence-corrected chi connectivity index (χ4v) is 5.08. The Labute approximate surface area is 113 Å². The van der Waals surface area contributed by atoms with Crippen LogP contribution >= 0.6 is 0 Å². The first kappa shape index (κ1) is 12.3. The van der Waals surface area contributed by atoms with Crippen LogP contribution in [0.1, 0.15) is 33.1 Å². The lowest BCUT2D eigenvalue weighted by molar-refractivity contribution is -0.288. The molecule has 1 spiro atoms. The van der Waals surface area contributed by atoms with Gasteiger partial charge in [0.1, 0.15) is 12.2 Å². The Morgan fingerprint density at radius 2 is 2.11 bits per heavy atom. The van der Waals surface area contributed by atoms with E-state index in [-0.39, 0.29) is 24.0 Å². The van der Waals surface area contributed by atoms with E-state index in [1.54, 1.807) is 0 Å². The predicted octanol–water partition coefficient (Wildman–Crippen LogP) is 1.22. The van der Waals surface area contributed by atoms with E-state index in [0.29, 0.717) is 5.92 Å². The van der Waals surface area contributed by atoms with Crippen molar-refractivity contribution < 1.29 is 19.7 Å². The van der Waals surface area contributed by atoms with Crippen LogP contribution in [-0.2, 0) is 9.47 Å². The summed E-state index contributed by atoms with van der Waals surface area (Å²) in [7, 11) is 0. The second-order valence-corrected chi connectivity index (χ2v) is 7.07. The summed E-state index contributed by atoms with van der Waals surface area (Å²) < 4.78 is 11.5. The summed E-state index contributed by atoms with van der Waals surface area (Å²) in [4.78, 5) is 0. The monoisotopic (exact) mass is 266 g/mol. The molecule has 0 bridgehead atoms. The summed E-state index contributed by atoms with van der Waals surface area (Å²) in [6.07, 6.45) is 2.22. The van der Waals surface area contributed by atoms with E-state index >= 15 is 0 Å². The van der Waals surface area contributed by atoms with E-state index in [2.05, 4.69) is 20.4 Å². The van der Waals surface area contributed by atoms with Gasteiger partial charge in [0.15, 0.2) is 5.60 Å². The summed E-state index contributed by atoms with van der Waals surface area (Å²) in [6, 6.07) is 0. The maximum absolute atomic E-state index is 10.8. The fraction of sp³-hybridized carbons (Fsp3) is 0.867. The summed E-state index contributed by atoms with van der Waals surface area (Å²) in [5.74, 6) is -1.08. The first-order valence-corrected chi connectivity index (χ1v) is 7.29. The van der Waals surface area contributed by atoms with Crippen molar-refractivity contribution in [3.63, 3.8) is 0 Å². The normalized spacial score (nSPS) is 63.3. The van der Waals surface area contributed by atoms with Crippen LogP contribution in [-0.4, -0.2) is 40.4 Å². The SMILES string of the molecule is C=C1CO[C@@]2(O)[C@H](O)[C@H]3CCC[C@H](C)[C@@]3(C)[C@H]3O[C@]132. The van der Waals surface area contributed by atoms with E-state index in [4.69, 9.17) is 9.47 Å². The number of hydrogen-bond acceptors (Lipinski definition) is 4. The minimum atomic E-state index is -1.59. The molecule has 2 N–H and O–H groups in total. The van der Waals surface area contributed by atoms with Gasteiger partial charge in [0.2, 0.25) is 5.79 Å². The highest BCUT2D eigenvalue weighted by Gasteiger charge is 2.86. The lowest BCUT2D eigenvalue weighted by Gasteiger charge is -2.54. The number of hydrogen-bond donors (Lipinski definition) is 2. The molecule has 7 atom stereocenters. The Balaban J connectivity index is 1.86. The summed E-state index contributed by atoms with van der Waals surface area (Å²) in [6.45, 7) is 8.72. The van der Waals surface area contributed by atoms with Gasteiger partial charge in [0.25, 0.3) is 0 Å². The van der Waals surface area contributed by atoms with Gasteiger partial charge in [0.05, 0.1) is 6.61 Å². The molecule has 4 rings (SSSR count). The highest BCUT2D eigenvalue weighted by Crippen LogP contribution is 2.71. The van der Waals surface area contributed by atoms with Crippen LogP contribution in [0.2, 0.25) is 0 Å². The molecule has 2 saturated heterocycles. The van der Waals surface area contributed by atoms with Crippen molar-refractivity contribution in [3.05, 3.63) is 12.2 Å². The van der Waals surface area contributed by atoms with Gasteiger partial charge in [-0.05, 0) is 23.8 Å². The highest BCUT2D eigenvalue weighted by molar-refractivity contribution is 5.41. The third-order valence-corrected chi connectivity index (χ3v) is 6.50. The van der Waals surface area contributed by atoms with Crippen molar-refractivity contribution in [2.24, 2.45) is 17.3 Å². The van der Waals surface area contributed by atoms with E-state index in [0.717, 1.165) is 24.8 Å². The van der Waals surface area contributed by atoms with Crippen LogP contribution in [0.4, 0.5) is 0 Å². The molecule has 4 heteroatoms. The van der Waals surface area contributed by atoms with Gasteiger partial charge in [0, 0.05) is 5.41 Å². The van der Waals surface area contributed by atoms with Gasteiger partial charge in [-0.3, -0.25) is 0 Å². The van der Waals surface area contributed by atoms with Gasteiger partial charge in [-0.25, -0.2) is 0 Å². The lowest BCUT2D eigenvalue weighted by atomic mass is 9.51. The topological polar surface area (TPSA) is 62.2 Å². The molecule has 0 aromatic heterocycles. The fourth-order valence-electron chi connectivity index (χ4n) is 5.08. The van der Waals surface area contributed by atoms with Gasteiger partial charge in [-0.15, -0.1) is 0 Å². The second kappa shape index (κ2) is 3.25. The molecule has 0 aromatic rings. The van der Waals surface area contributed by atoms with E-state index in [1.807, 2.05) is 0 Å². The smallest absolute Gasteiger partial charge is 0.229 e. The van der Waals surface area contributed by atoms with Crippen molar-refractivity contribution in [3.8, 4) is 0 Å². The quantitative estimate of drug-likeness (QED) is 0.511. The van der Waals surface area contributed by atoms with Crippen LogP contribution in [0, 0.1) is 17.3 Å². The van der Waals surface area contributed by atoms with E-state index < -0.39 is 17.5 Å². The molecule has 106 valence electrons. The molecule has 0 amide bonds. The minimum absolute atomic E-state index is 0.0350. The molecule has 2 saturated carbocycles.